The van der Waals surface area contributed by atoms with Crippen LogP contribution < -0.4 is 5.73 Å². The summed E-state index contributed by atoms with van der Waals surface area (Å²) in [7, 11) is 0. The fraction of sp³-hybridized carbons (Fsp3) is 0.250. The van der Waals surface area contributed by atoms with E-state index in [4.69, 9.17) is 5.73 Å². The molecule has 0 spiro atoms. The van der Waals surface area contributed by atoms with Crippen molar-refractivity contribution >= 4 is 0 Å². The predicted octanol–water partition coefficient (Wildman–Crippen LogP) is 3.88. The molecule has 0 atom stereocenters. The van der Waals surface area contributed by atoms with Crippen molar-refractivity contribution in [3.05, 3.63) is 58.4 Å². The van der Waals surface area contributed by atoms with E-state index in [1.54, 1.807) is 6.07 Å². The summed E-state index contributed by atoms with van der Waals surface area (Å²) in [5.74, 6) is -0.191. The summed E-state index contributed by atoms with van der Waals surface area (Å²) in [6.45, 7) is 6.54. The molecular formula is C16H18FN. The first-order chi connectivity index (χ1) is 8.51. The third-order valence-corrected chi connectivity index (χ3v) is 3.28. The Morgan fingerprint density at radius 1 is 0.889 bits per heavy atom. The molecule has 0 aliphatic carbocycles. The van der Waals surface area contributed by atoms with E-state index in [2.05, 4.69) is 12.1 Å². The standard InChI is InChI=1S/C16H18FN/c1-10-4-13(8-15(17)5-10)14-6-11(2)16(9-18)12(3)7-14/h4-8H,9,18H2,1-3H3. The van der Waals surface area contributed by atoms with Crippen molar-refractivity contribution in [3.63, 3.8) is 0 Å². The largest absolute Gasteiger partial charge is 0.326 e. The van der Waals surface area contributed by atoms with Crippen molar-refractivity contribution in [1.82, 2.24) is 0 Å². The quantitative estimate of drug-likeness (QED) is 0.851. The summed E-state index contributed by atoms with van der Waals surface area (Å²) in [6, 6.07) is 9.26. The Morgan fingerprint density at radius 3 is 1.94 bits per heavy atom. The lowest BCUT2D eigenvalue weighted by Crippen LogP contribution is -2.02. The Bertz CT molecular complexity index is 544. The fourth-order valence-electron chi connectivity index (χ4n) is 2.39. The Kier molecular flexibility index (Phi) is 3.48. The van der Waals surface area contributed by atoms with Crippen LogP contribution in [0.15, 0.2) is 30.3 Å². The molecule has 0 amide bonds. The first kappa shape index (κ1) is 12.8. The average molecular weight is 243 g/mol. The van der Waals surface area contributed by atoms with Crippen LogP contribution in [0.4, 0.5) is 4.39 Å². The molecule has 0 saturated carbocycles. The van der Waals surface area contributed by atoms with Crippen LogP contribution in [0.3, 0.4) is 0 Å². The predicted molar refractivity (Wildman–Crippen MR) is 73.9 cm³/mol. The minimum Gasteiger partial charge on any atom is -0.326 e. The van der Waals surface area contributed by atoms with E-state index in [9.17, 15) is 4.39 Å². The van der Waals surface area contributed by atoms with Crippen LogP contribution in [0.25, 0.3) is 11.1 Å². The molecule has 0 unspecified atom stereocenters. The van der Waals surface area contributed by atoms with Crippen molar-refractivity contribution in [2.24, 2.45) is 5.73 Å². The van der Waals surface area contributed by atoms with Crippen LogP contribution in [0.1, 0.15) is 22.3 Å². The molecule has 2 aromatic carbocycles. The molecule has 0 saturated heterocycles. The maximum absolute atomic E-state index is 13.4. The second kappa shape index (κ2) is 4.91. The Hall–Kier alpha value is -1.67. The third kappa shape index (κ3) is 2.44. The highest BCUT2D eigenvalue weighted by atomic mass is 19.1. The molecule has 2 N–H and O–H groups in total. The molecule has 18 heavy (non-hydrogen) atoms. The molecule has 0 radical (unpaired) electrons. The fourth-order valence-corrected chi connectivity index (χ4v) is 2.39. The summed E-state index contributed by atoms with van der Waals surface area (Å²) < 4.78 is 13.4. The Balaban J connectivity index is 2.58. The average Bonchev–Trinajstić information content (AvgIpc) is 2.27. The zero-order chi connectivity index (χ0) is 13.3. The van der Waals surface area contributed by atoms with Crippen LogP contribution in [0.2, 0.25) is 0 Å². The van der Waals surface area contributed by atoms with Gasteiger partial charge in [-0.1, -0.05) is 18.2 Å². The number of hydrogen-bond donors (Lipinski definition) is 1. The number of hydrogen-bond acceptors (Lipinski definition) is 1. The van der Waals surface area contributed by atoms with E-state index in [0.29, 0.717) is 6.54 Å². The Labute approximate surface area is 107 Å². The van der Waals surface area contributed by atoms with Crippen molar-refractivity contribution in [2.75, 3.05) is 0 Å². The minimum atomic E-state index is -0.191. The van der Waals surface area contributed by atoms with E-state index in [1.807, 2.05) is 26.8 Å². The summed E-state index contributed by atoms with van der Waals surface area (Å²) >= 11 is 0. The number of benzene rings is 2. The SMILES string of the molecule is Cc1cc(F)cc(-c2cc(C)c(CN)c(C)c2)c1. The van der Waals surface area contributed by atoms with Crippen molar-refractivity contribution < 1.29 is 4.39 Å². The van der Waals surface area contributed by atoms with Crippen LogP contribution in [-0.2, 0) is 6.54 Å². The Morgan fingerprint density at radius 2 is 1.44 bits per heavy atom. The van der Waals surface area contributed by atoms with Gasteiger partial charge in [0.2, 0.25) is 0 Å². The minimum absolute atomic E-state index is 0.191. The maximum atomic E-state index is 13.4. The molecule has 0 aromatic heterocycles. The molecule has 0 aliphatic heterocycles. The summed E-state index contributed by atoms with van der Waals surface area (Å²) in [5.41, 5.74) is 12.1. The molecule has 2 aromatic rings. The molecular weight excluding hydrogens is 225 g/mol. The number of halogens is 1. The molecule has 2 rings (SSSR count). The highest BCUT2D eigenvalue weighted by molar-refractivity contribution is 5.67. The van der Waals surface area contributed by atoms with Gasteiger partial charge in [0.1, 0.15) is 5.82 Å². The lowest BCUT2D eigenvalue weighted by molar-refractivity contribution is 0.627. The molecule has 0 bridgehead atoms. The molecule has 0 fully saturated rings. The van der Waals surface area contributed by atoms with Crippen molar-refractivity contribution in [1.29, 1.82) is 0 Å². The van der Waals surface area contributed by atoms with Gasteiger partial charge >= 0.3 is 0 Å². The highest BCUT2D eigenvalue weighted by Crippen LogP contribution is 2.26. The van der Waals surface area contributed by atoms with Crippen LogP contribution in [0, 0.1) is 26.6 Å². The highest BCUT2D eigenvalue weighted by Gasteiger charge is 2.06. The normalized spacial score (nSPS) is 10.7. The second-order valence-corrected chi connectivity index (χ2v) is 4.81. The monoisotopic (exact) mass is 243 g/mol. The molecule has 2 heteroatoms. The third-order valence-electron chi connectivity index (χ3n) is 3.28. The topological polar surface area (TPSA) is 26.0 Å². The lowest BCUT2D eigenvalue weighted by Gasteiger charge is -2.12. The van der Waals surface area contributed by atoms with E-state index in [-0.39, 0.29) is 5.82 Å². The van der Waals surface area contributed by atoms with Gasteiger partial charge in [0.25, 0.3) is 0 Å². The van der Waals surface area contributed by atoms with Crippen molar-refractivity contribution in [2.45, 2.75) is 27.3 Å². The van der Waals surface area contributed by atoms with Crippen molar-refractivity contribution in [3.8, 4) is 11.1 Å². The maximum Gasteiger partial charge on any atom is 0.124 e. The smallest absolute Gasteiger partial charge is 0.124 e. The first-order valence-corrected chi connectivity index (χ1v) is 6.09. The lowest BCUT2D eigenvalue weighted by atomic mass is 9.95. The van der Waals surface area contributed by atoms with E-state index >= 15 is 0 Å². The molecule has 0 aliphatic rings. The van der Waals surface area contributed by atoms with E-state index < -0.39 is 0 Å². The van der Waals surface area contributed by atoms with Gasteiger partial charge in [-0.3, -0.25) is 0 Å². The number of rotatable bonds is 2. The summed E-state index contributed by atoms with van der Waals surface area (Å²) in [4.78, 5) is 0. The van der Waals surface area contributed by atoms with E-state index in [0.717, 1.165) is 27.8 Å². The molecule has 0 heterocycles. The van der Waals surface area contributed by atoms with Gasteiger partial charge in [0, 0.05) is 6.54 Å². The van der Waals surface area contributed by atoms with Gasteiger partial charge in [-0.15, -0.1) is 0 Å². The van der Waals surface area contributed by atoms with Gasteiger partial charge in [0.15, 0.2) is 0 Å². The molecule has 94 valence electrons. The number of nitrogens with two attached hydrogens (primary N) is 1. The van der Waals surface area contributed by atoms with E-state index in [1.165, 1.54) is 11.6 Å². The van der Waals surface area contributed by atoms with Crippen LogP contribution in [0.5, 0.6) is 0 Å². The number of aryl methyl sites for hydroxylation is 3. The molecule has 1 nitrogen and oxygen atoms in total. The van der Waals surface area contributed by atoms with Crippen LogP contribution >= 0.6 is 0 Å². The van der Waals surface area contributed by atoms with Gasteiger partial charge in [-0.2, -0.15) is 0 Å². The van der Waals surface area contributed by atoms with Gasteiger partial charge in [-0.05, 0) is 66.3 Å². The van der Waals surface area contributed by atoms with Crippen LogP contribution in [-0.4, -0.2) is 0 Å². The van der Waals surface area contributed by atoms with Gasteiger partial charge in [0.05, 0.1) is 0 Å². The second-order valence-electron chi connectivity index (χ2n) is 4.81. The van der Waals surface area contributed by atoms with Gasteiger partial charge in [-0.25, -0.2) is 4.39 Å². The zero-order valence-corrected chi connectivity index (χ0v) is 11.0. The summed E-state index contributed by atoms with van der Waals surface area (Å²) in [5, 5.41) is 0. The zero-order valence-electron chi connectivity index (χ0n) is 11.0. The first-order valence-electron chi connectivity index (χ1n) is 6.09. The van der Waals surface area contributed by atoms with Gasteiger partial charge < -0.3 is 5.73 Å². The summed E-state index contributed by atoms with van der Waals surface area (Å²) in [6.07, 6.45) is 0.